The monoisotopic (exact) mass is 401 g/mol. The number of Topliss-reactive ketones (excluding diaryl/α,β-unsaturated/α-hetero) is 1. The van der Waals surface area contributed by atoms with E-state index in [4.69, 9.17) is 9.47 Å². The summed E-state index contributed by atoms with van der Waals surface area (Å²) in [6.45, 7) is 3.32. The van der Waals surface area contributed by atoms with E-state index < -0.39 is 18.0 Å². The number of methoxy groups -OCH3 is 1. The van der Waals surface area contributed by atoms with Gasteiger partial charge in [0.1, 0.15) is 11.5 Å². The van der Waals surface area contributed by atoms with Gasteiger partial charge in [-0.2, -0.15) is 0 Å². The number of carbonyl (C=O) groups excluding carboxylic acids is 3. The van der Waals surface area contributed by atoms with Crippen molar-refractivity contribution in [3.63, 3.8) is 0 Å². The summed E-state index contributed by atoms with van der Waals surface area (Å²) in [7, 11) is 1.59. The van der Waals surface area contributed by atoms with Gasteiger partial charge < -0.3 is 14.8 Å². The van der Waals surface area contributed by atoms with Gasteiger partial charge in [0.2, 0.25) is 0 Å². The molecule has 0 spiro atoms. The Hall–Kier alpha value is -2.80. The lowest BCUT2D eigenvalue weighted by atomic mass is 10.2. The molecule has 7 heteroatoms. The number of carbonyl (C=O) groups is 3. The van der Waals surface area contributed by atoms with Gasteiger partial charge in [0, 0.05) is 11.4 Å². The Morgan fingerprint density at radius 2 is 1.75 bits per heavy atom. The molecule has 0 aliphatic rings. The van der Waals surface area contributed by atoms with Crippen LogP contribution in [0.2, 0.25) is 0 Å². The quantitative estimate of drug-likeness (QED) is 0.513. The first kappa shape index (κ1) is 21.5. The van der Waals surface area contributed by atoms with Gasteiger partial charge in [-0.15, -0.1) is 11.8 Å². The van der Waals surface area contributed by atoms with Crippen LogP contribution in [-0.2, 0) is 20.9 Å². The Morgan fingerprint density at radius 1 is 1.07 bits per heavy atom. The average molecular weight is 401 g/mol. The van der Waals surface area contributed by atoms with Crippen LogP contribution in [0.5, 0.6) is 5.75 Å². The largest absolute Gasteiger partial charge is 0.497 e. The Morgan fingerprint density at radius 3 is 2.39 bits per heavy atom. The predicted molar refractivity (Wildman–Crippen MR) is 108 cm³/mol. The summed E-state index contributed by atoms with van der Waals surface area (Å²) in [4.78, 5) is 36.5. The summed E-state index contributed by atoms with van der Waals surface area (Å²) in [5.41, 5.74) is 1.24. The van der Waals surface area contributed by atoms with Crippen LogP contribution in [-0.4, -0.2) is 36.6 Å². The van der Waals surface area contributed by atoms with E-state index in [2.05, 4.69) is 5.32 Å². The summed E-state index contributed by atoms with van der Waals surface area (Å²) in [5.74, 6) is 0.0252. The fourth-order valence-corrected chi connectivity index (χ4v) is 3.13. The molecule has 2 rings (SSSR count). The molecule has 0 heterocycles. The molecule has 1 atom stereocenters. The van der Waals surface area contributed by atoms with E-state index in [9.17, 15) is 14.4 Å². The van der Waals surface area contributed by atoms with Crippen molar-refractivity contribution in [2.75, 3.05) is 12.9 Å². The Bertz CT molecular complexity index is 835. The SMILES string of the molecule is COc1ccc(CNC(=O)[C@H](C)OC(=O)c2ccccc2SCC(C)=O)cc1. The number of thioether (sulfide) groups is 1. The number of amides is 1. The first-order chi connectivity index (χ1) is 13.4. The summed E-state index contributed by atoms with van der Waals surface area (Å²) >= 11 is 1.27. The van der Waals surface area contributed by atoms with E-state index in [1.54, 1.807) is 43.5 Å². The minimum Gasteiger partial charge on any atom is -0.497 e. The summed E-state index contributed by atoms with van der Waals surface area (Å²) in [5, 5.41) is 2.74. The smallest absolute Gasteiger partial charge is 0.340 e. The molecule has 0 aliphatic heterocycles. The van der Waals surface area contributed by atoms with Gasteiger partial charge >= 0.3 is 5.97 Å². The fourth-order valence-electron chi connectivity index (χ4n) is 2.29. The highest BCUT2D eigenvalue weighted by Gasteiger charge is 2.20. The molecule has 148 valence electrons. The predicted octanol–water partition coefficient (Wildman–Crippen LogP) is 3.24. The molecule has 0 fully saturated rings. The van der Waals surface area contributed by atoms with E-state index in [1.807, 2.05) is 12.1 Å². The van der Waals surface area contributed by atoms with Crippen molar-refractivity contribution >= 4 is 29.4 Å². The number of nitrogens with one attached hydrogen (secondary N) is 1. The van der Waals surface area contributed by atoms with Gasteiger partial charge in [0.15, 0.2) is 6.10 Å². The molecule has 28 heavy (non-hydrogen) atoms. The third kappa shape index (κ3) is 6.42. The standard InChI is InChI=1S/C21H23NO5S/c1-14(23)13-28-19-7-5-4-6-18(19)21(25)27-15(2)20(24)22-12-16-8-10-17(26-3)11-9-16/h4-11,15H,12-13H2,1-3H3,(H,22,24)/t15-/m0/s1. The molecule has 6 nitrogen and oxygen atoms in total. The highest BCUT2D eigenvalue weighted by Crippen LogP contribution is 2.23. The van der Waals surface area contributed by atoms with Gasteiger partial charge in [-0.05, 0) is 43.7 Å². The Labute approximate surface area is 168 Å². The van der Waals surface area contributed by atoms with E-state index in [-0.39, 0.29) is 11.5 Å². The van der Waals surface area contributed by atoms with Crippen LogP contribution in [0.4, 0.5) is 0 Å². The van der Waals surface area contributed by atoms with E-state index in [0.29, 0.717) is 17.0 Å². The van der Waals surface area contributed by atoms with Crippen molar-refractivity contribution in [3.05, 3.63) is 59.7 Å². The zero-order valence-corrected chi connectivity index (χ0v) is 16.9. The van der Waals surface area contributed by atoms with Crippen LogP contribution >= 0.6 is 11.8 Å². The number of benzene rings is 2. The molecule has 2 aromatic carbocycles. The first-order valence-electron chi connectivity index (χ1n) is 8.73. The van der Waals surface area contributed by atoms with E-state index in [1.165, 1.54) is 25.6 Å². The molecule has 1 amide bonds. The van der Waals surface area contributed by atoms with E-state index in [0.717, 1.165) is 11.3 Å². The number of rotatable bonds is 9. The lowest BCUT2D eigenvalue weighted by Crippen LogP contribution is -2.35. The van der Waals surface area contributed by atoms with Gasteiger partial charge in [-0.1, -0.05) is 24.3 Å². The number of hydrogen-bond acceptors (Lipinski definition) is 6. The number of esters is 1. The molecule has 0 aromatic heterocycles. The second-order valence-corrected chi connectivity index (χ2v) is 7.12. The second-order valence-electron chi connectivity index (χ2n) is 6.10. The highest BCUT2D eigenvalue weighted by atomic mass is 32.2. The van der Waals surface area contributed by atoms with Crippen LogP contribution in [0.15, 0.2) is 53.4 Å². The average Bonchev–Trinajstić information content (AvgIpc) is 2.70. The van der Waals surface area contributed by atoms with Crippen molar-refractivity contribution in [1.82, 2.24) is 5.32 Å². The maximum absolute atomic E-state index is 12.5. The number of hydrogen-bond donors (Lipinski definition) is 1. The van der Waals surface area contributed by atoms with Gasteiger partial charge in [-0.3, -0.25) is 9.59 Å². The van der Waals surface area contributed by atoms with Crippen LogP contribution in [0.25, 0.3) is 0 Å². The van der Waals surface area contributed by atoms with Gasteiger partial charge in [0.05, 0.1) is 18.4 Å². The zero-order chi connectivity index (χ0) is 20.5. The number of ketones is 1. The molecule has 2 aromatic rings. The number of ether oxygens (including phenoxy) is 2. The van der Waals surface area contributed by atoms with Crippen molar-refractivity contribution in [3.8, 4) is 5.75 Å². The van der Waals surface area contributed by atoms with Crippen LogP contribution in [0, 0.1) is 0 Å². The van der Waals surface area contributed by atoms with Gasteiger partial charge in [-0.25, -0.2) is 4.79 Å². The normalized spacial score (nSPS) is 11.4. The summed E-state index contributed by atoms with van der Waals surface area (Å²) < 4.78 is 10.4. The zero-order valence-electron chi connectivity index (χ0n) is 16.1. The van der Waals surface area contributed by atoms with Crippen molar-refractivity contribution in [2.45, 2.75) is 31.4 Å². The van der Waals surface area contributed by atoms with Crippen molar-refractivity contribution < 1.29 is 23.9 Å². The molecular weight excluding hydrogens is 378 g/mol. The molecule has 0 saturated carbocycles. The lowest BCUT2D eigenvalue weighted by Gasteiger charge is -2.15. The van der Waals surface area contributed by atoms with E-state index >= 15 is 0 Å². The maximum atomic E-state index is 12.5. The Kier molecular flexibility index (Phi) is 8.07. The van der Waals surface area contributed by atoms with Crippen molar-refractivity contribution in [2.24, 2.45) is 0 Å². The summed E-state index contributed by atoms with van der Waals surface area (Å²) in [6, 6.07) is 14.2. The minimum absolute atomic E-state index is 0.0134. The molecule has 0 saturated heterocycles. The Balaban J connectivity index is 1.92. The van der Waals surface area contributed by atoms with Crippen molar-refractivity contribution in [1.29, 1.82) is 0 Å². The molecule has 0 aliphatic carbocycles. The molecule has 0 unspecified atom stereocenters. The van der Waals surface area contributed by atoms with Crippen LogP contribution in [0.3, 0.4) is 0 Å². The van der Waals surface area contributed by atoms with Crippen LogP contribution in [0.1, 0.15) is 29.8 Å². The van der Waals surface area contributed by atoms with Crippen LogP contribution < -0.4 is 10.1 Å². The minimum atomic E-state index is -0.948. The maximum Gasteiger partial charge on any atom is 0.340 e. The third-order valence-electron chi connectivity index (χ3n) is 3.82. The molecule has 0 radical (unpaired) electrons. The fraction of sp³-hybridized carbons (Fsp3) is 0.286. The first-order valence-corrected chi connectivity index (χ1v) is 9.72. The third-order valence-corrected chi connectivity index (χ3v) is 5.03. The lowest BCUT2D eigenvalue weighted by molar-refractivity contribution is -0.129. The van der Waals surface area contributed by atoms with Gasteiger partial charge in [0.25, 0.3) is 5.91 Å². The molecular formula is C21H23NO5S. The molecule has 1 N–H and O–H groups in total. The highest BCUT2D eigenvalue weighted by molar-refractivity contribution is 8.00. The topological polar surface area (TPSA) is 81.7 Å². The molecule has 0 bridgehead atoms. The summed E-state index contributed by atoms with van der Waals surface area (Å²) in [6.07, 6.45) is -0.948. The second kappa shape index (κ2) is 10.5.